The van der Waals surface area contributed by atoms with E-state index in [4.69, 9.17) is 9.47 Å². The fraction of sp³-hybridized carbons (Fsp3) is 0.533. The molecule has 0 saturated carbocycles. The molecule has 5 heteroatoms. The molecule has 1 atom stereocenters. The predicted octanol–water partition coefficient (Wildman–Crippen LogP) is 2.72. The number of fused-ring (bicyclic) bond motifs is 1. The Balaban J connectivity index is 1.94. The number of piperidine rings is 1. The third-order valence-corrected chi connectivity index (χ3v) is 4.59. The fourth-order valence-electron chi connectivity index (χ4n) is 2.88. The molecular weight excluding hydrogens is 322 g/mol. The highest BCUT2D eigenvalue weighted by Gasteiger charge is 2.25. The van der Waals surface area contributed by atoms with Crippen LogP contribution in [0.4, 0.5) is 0 Å². The number of carbonyl (C=O) groups is 1. The van der Waals surface area contributed by atoms with E-state index < -0.39 is 0 Å². The average molecular weight is 340 g/mol. The molecule has 2 heterocycles. The van der Waals surface area contributed by atoms with Gasteiger partial charge in [-0.3, -0.25) is 4.79 Å². The highest BCUT2D eigenvalue weighted by molar-refractivity contribution is 9.10. The second kappa shape index (κ2) is 6.14. The fourth-order valence-corrected chi connectivity index (χ4v) is 3.47. The first-order valence-electron chi connectivity index (χ1n) is 7.09. The van der Waals surface area contributed by atoms with Crippen molar-refractivity contribution >= 4 is 22.2 Å². The molecule has 1 unspecified atom stereocenters. The summed E-state index contributed by atoms with van der Waals surface area (Å²) in [6, 6.07) is 2.30. The van der Waals surface area contributed by atoms with E-state index in [-0.39, 0.29) is 0 Å². The topological polar surface area (TPSA) is 47.6 Å². The summed E-state index contributed by atoms with van der Waals surface area (Å²) in [5.74, 6) is 1.33. The number of halogens is 1. The molecule has 0 bridgehead atoms. The molecule has 3 rings (SSSR count). The van der Waals surface area contributed by atoms with Gasteiger partial charge in [-0.15, -0.1) is 0 Å². The van der Waals surface area contributed by atoms with Crippen molar-refractivity contribution in [2.24, 2.45) is 0 Å². The third kappa shape index (κ3) is 2.69. The number of hydrogen-bond acceptors (Lipinski definition) is 4. The Morgan fingerprint density at radius 2 is 2.10 bits per heavy atom. The standard InChI is InChI=1S/C15H18BrNO3/c16-13-7-10(9-18)14-15(20-6-5-19-14)12(13)8-11-3-1-2-4-17-11/h7,9,11,17H,1-6,8H2. The van der Waals surface area contributed by atoms with Gasteiger partial charge in [0.2, 0.25) is 0 Å². The summed E-state index contributed by atoms with van der Waals surface area (Å²) in [4.78, 5) is 11.2. The van der Waals surface area contributed by atoms with Gasteiger partial charge in [0.15, 0.2) is 17.8 Å². The van der Waals surface area contributed by atoms with Crippen LogP contribution in [0.3, 0.4) is 0 Å². The third-order valence-electron chi connectivity index (χ3n) is 3.88. The first-order valence-corrected chi connectivity index (χ1v) is 7.88. The molecule has 1 aromatic carbocycles. The molecule has 0 aliphatic carbocycles. The van der Waals surface area contributed by atoms with E-state index in [9.17, 15) is 4.79 Å². The van der Waals surface area contributed by atoms with Crippen molar-refractivity contribution < 1.29 is 14.3 Å². The smallest absolute Gasteiger partial charge is 0.172 e. The quantitative estimate of drug-likeness (QED) is 0.860. The lowest BCUT2D eigenvalue weighted by atomic mass is 9.96. The highest BCUT2D eigenvalue weighted by atomic mass is 79.9. The van der Waals surface area contributed by atoms with Gasteiger partial charge in [-0.2, -0.15) is 0 Å². The lowest BCUT2D eigenvalue weighted by molar-refractivity contribution is 0.111. The number of carbonyl (C=O) groups excluding carboxylic acids is 1. The van der Waals surface area contributed by atoms with Crippen molar-refractivity contribution in [3.8, 4) is 11.5 Å². The minimum absolute atomic E-state index is 0.469. The summed E-state index contributed by atoms with van der Waals surface area (Å²) in [6.45, 7) is 2.11. The minimum atomic E-state index is 0.469. The van der Waals surface area contributed by atoms with Crippen molar-refractivity contribution in [3.05, 3.63) is 21.7 Å². The zero-order valence-electron chi connectivity index (χ0n) is 11.3. The van der Waals surface area contributed by atoms with Gasteiger partial charge in [-0.05, 0) is 31.9 Å². The Kier molecular flexibility index (Phi) is 4.27. The Labute approximate surface area is 127 Å². The van der Waals surface area contributed by atoms with Crippen molar-refractivity contribution in [1.29, 1.82) is 0 Å². The van der Waals surface area contributed by atoms with Crippen molar-refractivity contribution in [3.63, 3.8) is 0 Å². The molecular formula is C15H18BrNO3. The molecule has 4 nitrogen and oxygen atoms in total. The van der Waals surface area contributed by atoms with E-state index in [0.717, 1.165) is 35.0 Å². The number of ether oxygens (including phenoxy) is 2. The maximum absolute atomic E-state index is 11.2. The molecule has 0 radical (unpaired) electrons. The number of rotatable bonds is 3. The van der Waals surface area contributed by atoms with Gasteiger partial charge >= 0.3 is 0 Å². The van der Waals surface area contributed by atoms with E-state index in [1.807, 2.05) is 6.07 Å². The summed E-state index contributed by atoms with van der Waals surface area (Å²) < 4.78 is 12.3. The van der Waals surface area contributed by atoms with Crippen LogP contribution in [-0.4, -0.2) is 32.1 Å². The lowest BCUT2D eigenvalue weighted by Crippen LogP contribution is -2.36. The van der Waals surface area contributed by atoms with E-state index >= 15 is 0 Å². The normalized spacial score (nSPS) is 21.6. The summed E-state index contributed by atoms with van der Waals surface area (Å²) >= 11 is 3.57. The summed E-state index contributed by atoms with van der Waals surface area (Å²) in [5, 5.41) is 3.54. The first-order chi connectivity index (χ1) is 9.79. The Hall–Kier alpha value is -1.07. The van der Waals surface area contributed by atoms with Gasteiger partial charge in [0, 0.05) is 16.1 Å². The van der Waals surface area contributed by atoms with Gasteiger partial charge in [0.1, 0.15) is 13.2 Å². The number of aldehydes is 1. The second-order valence-electron chi connectivity index (χ2n) is 5.25. The minimum Gasteiger partial charge on any atom is -0.486 e. The zero-order valence-corrected chi connectivity index (χ0v) is 12.9. The SMILES string of the molecule is O=Cc1cc(Br)c(CC2CCCCN2)c2c1OCCO2. The van der Waals surface area contributed by atoms with E-state index in [1.54, 1.807) is 0 Å². The number of hydrogen-bond donors (Lipinski definition) is 1. The highest BCUT2D eigenvalue weighted by Crippen LogP contribution is 2.41. The molecule has 2 aliphatic rings. The van der Waals surface area contributed by atoms with Gasteiger partial charge in [0.25, 0.3) is 0 Å². The van der Waals surface area contributed by atoms with Crippen molar-refractivity contribution in [1.82, 2.24) is 5.32 Å². The maximum atomic E-state index is 11.2. The van der Waals surface area contributed by atoms with Gasteiger partial charge in [0.05, 0.1) is 5.56 Å². The lowest BCUT2D eigenvalue weighted by Gasteiger charge is -2.27. The van der Waals surface area contributed by atoms with E-state index in [1.165, 1.54) is 19.3 Å². The van der Waals surface area contributed by atoms with Crippen LogP contribution < -0.4 is 14.8 Å². The summed E-state index contributed by atoms with van der Waals surface area (Å²) in [7, 11) is 0. The van der Waals surface area contributed by atoms with Crippen LogP contribution in [0.2, 0.25) is 0 Å². The first kappa shape index (κ1) is 13.9. The molecule has 0 spiro atoms. The molecule has 108 valence electrons. The van der Waals surface area contributed by atoms with Crippen LogP contribution in [0, 0.1) is 0 Å². The predicted molar refractivity (Wildman–Crippen MR) is 79.9 cm³/mol. The monoisotopic (exact) mass is 339 g/mol. The largest absolute Gasteiger partial charge is 0.486 e. The summed E-state index contributed by atoms with van der Waals surface area (Å²) in [5.41, 5.74) is 1.65. The molecule has 0 aromatic heterocycles. The van der Waals surface area contributed by atoms with E-state index in [2.05, 4.69) is 21.2 Å². The van der Waals surface area contributed by atoms with Crippen LogP contribution in [0.5, 0.6) is 11.5 Å². The molecule has 0 amide bonds. The number of benzene rings is 1. The molecule has 1 N–H and O–H groups in total. The average Bonchev–Trinajstić information content (AvgIpc) is 2.51. The van der Waals surface area contributed by atoms with Crippen molar-refractivity contribution in [2.75, 3.05) is 19.8 Å². The zero-order chi connectivity index (χ0) is 13.9. The Morgan fingerprint density at radius 1 is 1.30 bits per heavy atom. The van der Waals surface area contributed by atoms with Gasteiger partial charge in [-0.25, -0.2) is 0 Å². The second-order valence-corrected chi connectivity index (χ2v) is 6.10. The van der Waals surface area contributed by atoms with Crippen LogP contribution in [0.1, 0.15) is 35.2 Å². The molecule has 1 fully saturated rings. The molecule has 2 aliphatic heterocycles. The van der Waals surface area contributed by atoms with Gasteiger partial charge in [-0.1, -0.05) is 22.4 Å². The van der Waals surface area contributed by atoms with Crippen LogP contribution in [0.15, 0.2) is 10.5 Å². The van der Waals surface area contributed by atoms with Gasteiger partial charge < -0.3 is 14.8 Å². The Morgan fingerprint density at radius 3 is 2.80 bits per heavy atom. The van der Waals surface area contributed by atoms with Crippen LogP contribution >= 0.6 is 15.9 Å². The Bertz CT molecular complexity index is 512. The van der Waals surface area contributed by atoms with E-state index in [0.29, 0.717) is 30.6 Å². The van der Waals surface area contributed by atoms with Crippen LogP contribution in [-0.2, 0) is 6.42 Å². The summed E-state index contributed by atoms with van der Waals surface area (Å²) in [6.07, 6.45) is 5.41. The molecule has 20 heavy (non-hydrogen) atoms. The maximum Gasteiger partial charge on any atom is 0.172 e. The van der Waals surface area contributed by atoms with Crippen LogP contribution in [0.25, 0.3) is 0 Å². The molecule has 1 aromatic rings. The molecule has 1 saturated heterocycles. The number of nitrogens with one attached hydrogen (secondary N) is 1. The van der Waals surface area contributed by atoms with Crippen molar-refractivity contribution in [2.45, 2.75) is 31.7 Å².